The molecule has 2 aliphatic heterocycles. The molecule has 5 unspecified atom stereocenters. The minimum atomic E-state index is -1.55. The number of fused-ring (bicyclic) bond motifs is 1. The molecule has 5 N–H and O–H groups in total. The van der Waals surface area contributed by atoms with Crippen molar-refractivity contribution in [1.82, 2.24) is 4.90 Å². The zero-order chi connectivity index (χ0) is 18.1. The third kappa shape index (κ3) is 2.95. The van der Waals surface area contributed by atoms with Gasteiger partial charge < -0.3 is 30.5 Å². The summed E-state index contributed by atoms with van der Waals surface area (Å²) < 4.78 is 10.9. The summed E-state index contributed by atoms with van der Waals surface area (Å²) in [5.74, 6) is -1.21. The van der Waals surface area contributed by atoms with Crippen molar-refractivity contribution in [3.63, 3.8) is 0 Å². The molecule has 2 aliphatic rings. The highest BCUT2D eigenvalue weighted by Gasteiger charge is 2.53. The summed E-state index contributed by atoms with van der Waals surface area (Å²) in [7, 11) is 0. The standard InChI is InChI=1S/C16H20N2O7/c17-5-6-24-16-11(13(21)12(20)10(7-19)25-16)18-14(22)8-3-1-2-4-9(8)15(18)23/h1-4,10-13,16,19-21H,5-7,17H2. The summed E-state index contributed by atoms with van der Waals surface area (Å²) in [4.78, 5) is 26.2. The Morgan fingerprint density at radius 1 is 1.12 bits per heavy atom. The second-order valence-electron chi connectivity index (χ2n) is 5.88. The smallest absolute Gasteiger partial charge is 0.262 e. The molecule has 0 aromatic heterocycles. The van der Waals surface area contributed by atoms with E-state index in [1.54, 1.807) is 12.1 Å². The van der Waals surface area contributed by atoms with Gasteiger partial charge in [-0.05, 0) is 12.1 Å². The molecule has 136 valence electrons. The largest absolute Gasteiger partial charge is 0.394 e. The van der Waals surface area contributed by atoms with Gasteiger partial charge in [0, 0.05) is 6.54 Å². The summed E-state index contributed by atoms with van der Waals surface area (Å²) in [5.41, 5.74) is 5.82. The van der Waals surface area contributed by atoms with Crippen LogP contribution >= 0.6 is 0 Å². The molecule has 9 heteroatoms. The predicted octanol–water partition coefficient (Wildman–Crippen LogP) is -1.93. The normalized spacial score (nSPS) is 32.2. The first-order valence-electron chi connectivity index (χ1n) is 7.92. The molecule has 0 saturated carbocycles. The third-order valence-corrected chi connectivity index (χ3v) is 4.37. The average Bonchev–Trinajstić information content (AvgIpc) is 2.87. The van der Waals surface area contributed by atoms with E-state index in [1.165, 1.54) is 12.1 Å². The third-order valence-electron chi connectivity index (χ3n) is 4.37. The molecule has 1 fully saturated rings. The Labute approximate surface area is 143 Å². The first kappa shape index (κ1) is 17.9. The van der Waals surface area contributed by atoms with Crippen molar-refractivity contribution < 1.29 is 34.4 Å². The summed E-state index contributed by atoms with van der Waals surface area (Å²) in [6.07, 6.45) is -5.36. The zero-order valence-corrected chi connectivity index (χ0v) is 13.3. The lowest BCUT2D eigenvalue weighted by Gasteiger charge is -2.44. The quantitative estimate of drug-likeness (QED) is 0.449. The predicted molar refractivity (Wildman–Crippen MR) is 83.5 cm³/mol. The number of amides is 2. The number of nitrogens with two attached hydrogens (primary N) is 1. The van der Waals surface area contributed by atoms with Gasteiger partial charge in [0.25, 0.3) is 11.8 Å². The van der Waals surface area contributed by atoms with Crippen molar-refractivity contribution in [1.29, 1.82) is 0 Å². The van der Waals surface area contributed by atoms with Crippen molar-refractivity contribution in [2.75, 3.05) is 19.8 Å². The fourth-order valence-electron chi connectivity index (χ4n) is 3.14. The minimum Gasteiger partial charge on any atom is -0.394 e. The van der Waals surface area contributed by atoms with Gasteiger partial charge in [-0.2, -0.15) is 0 Å². The van der Waals surface area contributed by atoms with Crippen LogP contribution in [0, 0.1) is 0 Å². The summed E-state index contributed by atoms with van der Waals surface area (Å²) >= 11 is 0. The van der Waals surface area contributed by atoms with E-state index in [2.05, 4.69) is 0 Å². The highest BCUT2D eigenvalue weighted by Crippen LogP contribution is 2.32. The molecule has 1 aromatic rings. The Morgan fingerprint density at radius 3 is 2.24 bits per heavy atom. The maximum absolute atomic E-state index is 12.7. The molecule has 1 aromatic carbocycles. The lowest BCUT2D eigenvalue weighted by Crippen LogP contribution is -2.65. The van der Waals surface area contributed by atoms with Crippen LogP contribution < -0.4 is 5.73 Å². The van der Waals surface area contributed by atoms with E-state index in [9.17, 15) is 24.9 Å². The van der Waals surface area contributed by atoms with Crippen molar-refractivity contribution in [2.24, 2.45) is 5.73 Å². The Morgan fingerprint density at radius 2 is 1.72 bits per heavy atom. The van der Waals surface area contributed by atoms with Gasteiger partial charge in [-0.15, -0.1) is 0 Å². The van der Waals surface area contributed by atoms with Crippen LogP contribution in [0.15, 0.2) is 24.3 Å². The fourth-order valence-corrected chi connectivity index (χ4v) is 3.14. The molecular formula is C16H20N2O7. The molecule has 2 heterocycles. The zero-order valence-electron chi connectivity index (χ0n) is 13.3. The maximum Gasteiger partial charge on any atom is 0.262 e. The number of aliphatic hydroxyl groups is 3. The Hall–Kier alpha value is -1.88. The van der Waals surface area contributed by atoms with Gasteiger partial charge in [0.1, 0.15) is 24.4 Å². The number of hydrogen-bond donors (Lipinski definition) is 4. The van der Waals surface area contributed by atoms with Crippen LogP contribution in [0.5, 0.6) is 0 Å². The van der Waals surface area contributed by atoms with Crippen molar-refractivity contribution in [3.8, 4) is 0 Å². The van der Waals surface area contributed by atoms with Crippen molar-refractivity contribution in [3.05, 3.63) is 35.4 Å². The number of carbonyl (C=O) groups is 2. The van der Waals surface area contributed by atoms with Crippen LogP contribution in [-0.2, 0) is 9.47 Å². The number of benzene rings is 1. The summed E-state index contributed by atoms with van der Waals surface area (Å²) in [5, 5.41) is 29.9. The first-order chi connectivity index (χ1) is 12.0. The van der Waals surface area contributed by atoms with Gasteiger partial charge in [0.05, 0.1) is 24.3 Å². The van der Waals surface area contributed by atoms with Gasteiger partial charge >= 0.3 is 0 Å². The topological polar surface area (TPSA) is 143 Å². The molecule has 0 aliphatic carbocycles. The summed E-state index contributed by atoms with van der Waals surface area (Å²) in [6, 6.07) is 5.00. The number of ether oxygens (including phenoxy) is 2. The van der Waals surface area contributed by atoms with E-state index in [0.717, 1.165) is 4.90 Å². The molecule has 5 atom stereocenters. The molecular weight excluding hydrogens is 332 g/mol. The van der Waals surface area contributed by atoms with E-state index in [4.69, 9.17) is 15.2 Å². The van der Waals surface area contributed by atoms with E-state index >= 15 is 0 Å². The van der Waals surface area contributed by atoms with Crippen molar-refractivity contribution in [2.45, 2.75) is 30.6 Å². The Bertz CT molecular complexity index is 633. The SMILES string of the molecule is NCCOC1OC(CO)C(O)C(O)C1N1C(=O)c2ccccc2C1=O. The highest BCUT2D eigenvalue weighted by molar-refractivity contribution is 6.21. The van der Waals surface area contributed by atoms with E-state index < -0.39 is 49.1 Å². The van der Waals surface area contributed by atoms with Gasteiger partial charge in [-0.1, -0.05) is 12.1 Å². The second kappa shape index (κ2) is 7.16. The number of hydrogen-bond acceptors (Lipinski definition) is 8. The van der Waals surface area contributed by atoms with Gasteiger partial charge in [-0.25, -0.2) is 0 Å². The molecule has 0 radical (unpaired) electrons. The number of imide groups is 1. The van der Waals surface area contributed by atoms with E-state index in [-0.39, 0.29) is 24.3 Å². The van der Waals surface area contributed by atoms with Crippen molar-refractivity contribution >= 4 is 11.8 Å². The minimum absolute atomic E-state index is 0.0469. The lowest BCUT2D eigenvalue weighted by atomic mass is 9.95. The summed E-state index contributed by atoms with van der Waals surface area (Å²) in [6.45, 7) is -0.363. The number of aliphatic hydroxyl groups excluding tert-OH is 3. The molecule has 3 rings (SSSR count). The molecule has 2 amide bonds. The van der Waals surface area contributed by atoms with Crippen LogP contribution in [0.1, 0.15) is 20.7 Å². The van der Waals surface area contributed by atoms with Gasteiger partial charge in [0.2, 0.25) is 0 Å². The van der Waals surface area contributed by atoms with E-state index in [1.807, 2.05) is 0 Å². The highest BCUT2D eigenvalue weighted by atomic mass is 16.7. The van der Waals surface area contributed by atoms with Crippen LogP contribution in [0.2, 0.25) is 0 Å². The van der Waals surface area contributed by atoms with Crippen LogP contribution in [0.25, 0.3) is 0 Å². The fraction of sp³-hybridized carbons (Fsp3) is 0.500. The Balaban J connectivity index is 1.95. The number of rotatable bonds is 5. The monoisotopic (exact) mass is 352 g/mol. The number of nitrogens with zero attached hydrogens (tertiary/aromatic N) is 1. The van der Waals surface area contributed by atoms with Crippen LogP contribution in [0.4, 0.5) is 0 Å². The molecule has 25 heavy (non-hydrogen) atoms. The second-order valence-corrected chi connectivity index (χ2v) is 5.88. The van der Waals surface area contributed by atoms with Crippen LogP contribution in [0.3, 0.4) is 0 Å². The lowest BCUT2D eigenvalue weighted by molar-refractivity contribution is -0.278. The van der Waals surface area contributed by atoms with E-state index in [0.29, 0.717) is 0 Å². The van der Waals surface area contributed by atoms with Gasteiger partial charge in [-0.3, -0.25) is 14.5 Å². The van der Waals surface area contributed by atoms with Crippen LogP contribution in [-0.4, -0.2) is 82.4 Å². The molecule has 0 spiro atoms. The molecule has 9 nitrogen and oxygen atoms in total. The first-order valence-corrected chi connectivity index (χ1v) is 7.92. The number of carbonyl (C=O) groups excluding carboxylic acids is 2. The average molecular weight is 352 g/mol. The van der Waals surface area contributed by atoms with Gasteiger partial charge in [0.15, 0.2) is 6.29 Å². The molecule has 1 saturated heterocycles. The maximum atomic E-state index is 12.7. The molecule has 0 bridgehead atoms. The Kier molecular flexibility index (Phi) is 5.13.